The van der Waals surface area contributed by atoms with Gasteiger partial charge in [0.15, 0.2) is 0 Å². The van der Waals surface area contributed by atoms with Gasteiger partial charge < -0.3 is 5.32 Å². The van der Waals surface area contributed by atoms with Crippen LogP contribution in [0.1, 0.15) is 5.56 Å². The first kappa shape index (κ1) is 16.7. The van der Waals surface area contributed by atoms with Gasteiger partial charge in [0.05, 0.1) is 0 Å². The summed E-state index contributed by atoms with van der Waals surface area (Å²) in [5, 5.41) is 5.98. The molecule has 2 nitrogen and oxygen atoms in total. The number of aromatic nitrogens is 1. The third-order valence-corrected chi connectivity index (χ3v) is 3.00. The second-order valence-corrected chi connectivity index (χ2v) is 4.24. The molecule has 4 heteroatoms. The number of anilines is 1. The minimum absolute atomic E-state index is 0. The molecule has 0 fully saturated rings. The van der Waals surface area contributed by atoms with Crippen LogP contribution in [0.2, 0.25) is 0 Å². The number of hydrogen-bond acceptors (Lipinski definition) is 2. The van der Waals surface area contributed by atoms with Gasteiger partial charge in [-0.2, -0.15) is 0 Å². The lowest BCUT2D eigenvalue weighted by atomic mass is 10.1. The summed E-state index contributed by atoms with van der Waals surface area (Å²) in [5.41, 5.74) is 2.35. The average molecular weight is 396 g/mol. The summed E-state index contributed by atoms with van der Waals surface area (Å²) in [6, 6.07) is 18.7. The van der Waals surface area contributed by atoms with Crippen molar-refractivity contribution in [2.24, 2.45) is 0 Å². The Kier molecular flexibility index (Phi) is 6.68. The van der Waals surface area contributed by atoms with E-state index in [0.717, 1.165) is 12.2 Å². The van der Waals surface area contributed by atoms with Crippen molar-refractivity contribution in [1.82, 2.24) is 4.98 Å². The van der Waals surface area contributed by atoms with Crippen LogP contribution in [-0.2, 0) is 6.54 Å². The number of fused-ring (bicyclic) bond motifs is 1. The van der Waals surface area contributed by atoms with Crippen LogP contribution in [0.5, 0.6) is 0 Å². The maximum absolute atomic E-state index is 4.12. The number of halogens is 2. The Hall–Kier alpha value is -1.39. The van der Waals surface area contributed by atoms with Crippen molar-refractivity contribution in [3.8, 4) is 0 Å². The molecule has 0 bridgehead atoms. The number of rotatable bonds is 3. The topological polar surface area (TPSA) is 24.9 Å². The third-order valence-electron chi connectivity index (χ3n) is 3.00. The van der Waals surface area contributed by atoms with Crippen LogP contribution >= 0.6 is 34.0 Å². The summed E-state index contributed by atoms with van der Waals surface area (Å²) < 4.78 is 0. The number of pyridine rings is 1. The largest absolute Gasteiger partial charge is 0.380 e. The highest BCUT2D eigenvalue weighted by atomic mass is 79.9. The molecule has 0 amide bonds. The predicted octanol–water partition coefficient (Wildman–Crippen LogP) is 5.00. The molecule has 1 aromatic heterocycles. The van der Waals surface area contributed by atoms with Gasteiger partial charge in [0.1, 0.15) is 0 Å². The molecule has 0 aliphatic carbocycles. The zero-order chi connectivity index (χ0) is 12.2. The highest BCUT2D eigenvalue weighted by Crippen LogP contribution is 2.23. The first-order valence-corrected chi connectivity index (χ1v) is 6.04. The van der Waals surface area contributed by atoms with E-state index in [2.05, 4.69) is 58.8 Å². The second-order valence-electron chi connectivity index (χ2n) is 4.24. The van der Waals surface area contributed by atoms with Crippen molar-refractivity contribution in [1.29, 1.82) is 0 Å². The lowest BCUT2D eigenvalue weighted by Gasteiger charge is -2.09. The molecule has 0 spiro atoms. The van der Waals surface area contributed by atoms with Gasteiger partial charge in [-0.3, -0.25) is 4.98 Å². The van der Waals surface area contributed by atoms with E-state index in [4.69, 9.17) is 0 Å². The first-order valence-electron chi connectivity index (χ1n) is 6.04. The van der Waals surface area contributed by atoms with Gasteiger partial charge in [0.25, 0.3) is 0 Å². The molecule has 2 aromatic carbocycles. The molecule has 0 saturated heterocycles. The number of nitrogens with one attached hydrogen (secondary N) is 1. The van der Waals surface area contributed by atoms with Gasteiger partial charge in [-0.25, -0.2) is 0 Å². The van der Waals surface area contributed by atoms with Crippen LogP contribution in [-0.4, -0.2) is 4.98 Å². The average Bonchev–Trinajstić information content (AvgIpc) is 2.46. The first-order chi connectivity index (χ1) is 8.93. The van der Waals surface area contributed by atoms with Gasteiger partial charge >= 0.3 is 0 Å². The van der Waals surface area contributed by atoms with E-state index in [0.29, 0.717) is 0 Å². The molecule has 3 rings (SSSR count). The predicted molar refractivity (Wildman–Crippen MR) is 96.2 cm³/mol. The number of hydrogen-bond donors (Lipinski definition) is 1. The van der Waals surface area contributed by atoms with Crippen molar-refractivity contribution in [2.45, 2.75) is 6.54 Å². The summed E-state index contributed by atoms with van der Waals surface area (Å²) in [6.45, 7) is 0.793. The molecule has 3 aromatic rings. The molecule has 1 heterocycles. The van der Waals surface area contributed by atoms with Crippen molar-refractivity contribution >= 4 is 50.4 Å². The monoisotopic (exact) mass is 394 g/mol. The SMILES string of the molecule is Br.Br.c1cncc(CNc2cccc3ccccc23)c1. The maximum atomic E-state index is 4.12. The Labute approximate surface area is 139 Å². The lowest BCUT2D eigenvalue weighted by Crippen LogP contribution is -1.99. The van der Waals surface area contributed by atoms with Crippen molar-refractivity contribution in [2.75, 3.05) is 5.32 Å². The van der Waals surface area contributed by atoms with Gasteiger partial charge in [-0.05, 0) is 23.1 Å². The summed E-state index contributed by atoms with van der Waals surface area (Å²) in [7, 11) is 0. The van der Waals surface area contributed by atoms with Gasteiger partial charge in [-0.15, -0.1) is 34.0 Å². The van der Waals surface area contributed by atoms with Crippen LogP contribution in [0.4, 0.5) is 5.69 Å². The van der Waals surface area contributed by atoms with Gasteiger partial charge in [0.2, 0.25) is 0 Å². The molecule has 0 radical (unpaired) electrons. The summed E-state index contributed by atoms with van der Waals surface area (Å²) >= 11 is 0. The second kappa shape index (κ2) is 8.02. The highest BCUT2D eigenvalue weighted by Gasteiger charge is 1.99. The van der Waals surface area contributed by atoms with Crippen LogP contribution in [0.15, 0.2) is 67.0 Å². The van der Waals surface area contributed by atoms with E-state index < -0.39 is 0 Å². The number of benzene rings is 2. The van der Waals surface area contributed by atoms with Gasteiger partial charge in [-0.1, -0.05) is 42.5 Å². The molecule has 104 valence electrons. The fourth-order valence-corrected chi connectivity index (χ4v) is 2.08. The van der Waals surface area contributed by atoms with E-state index in [9.17, 15) is 0 Å². The Balaban J connectivity index is 0.000001000. The molecule has 0 unspecified atom stereocenters. The Morgan fingerprint density at radius 2 is 1.65 bits per heavy atom. The number of nitrogens with zero attached hydrogens (tertiary/aromatic N) is 1. The fraction of sp³-hybridized carbons (Fsp3) is 0.0625. The van der Waals surface area contributed by atoms with Crippen LogP contribution in [0.3, 0.4) is 0 Å². The Morgan fingerprint density at radius 3 is 2.45 bits per heavy atom. The summed E-state index contributed by atoms with van der Waals surface area (Å²) in [4.78, 5) is 4.12. The quantitative estimate of drug-likeness (QED) is 0.674. The molecule has 0 aliphatic rings. The van der Waals surface area contributed by atoms with E-state index in [-0.39, 0.29) is 34.0 Å². The Bertz CT molecular complexity index is 651. The molecule has 1 N–H and O–H groups in total. The minimum Gasteiger partial charge on any atom is -0.380 e. The molecular weight excluding hydrogens is 380 g/mol. The van der Waals surface area contributed by atoms with Crippen molar-refractivity contribution in [3.63, 3.8) is 0 Å². The van der Waals surface area contributed by atoms with Gasteiger partial charge in [0, 0.05) is 30.0 Å². The normalized spacial score (nSPS) is 9.40. The summed E-state index contributed by atoms with van der Waals surface area (Å²) in [6.07, 6.45) is 3.68. The van der Waals surface area contributed by atoms with Crippen LogP contribution in [0.25, 0.3) is 10.8 Å². The van der Waals surface area contributed by atoms with Crippen molar-refractivity contribution in [3.05, 3.63) is 72.6 Å². The summed E-state index contributed by atoms with van der Waals surface area (Å²) in [5.74, 6) is 0. The van der Waals surface area contributed by atoms with E-state index in [1.165, 1.54) is 16.3 Å². The van der Waals surface area contributed by atoms with E-state index >= 15 is 0 Å². The minimum atomic E-state index is 0. The molecular formula is C16H16Br2N2. The van der Waals surface area contributed by atoms with E-state index in [1.54, 1.807) is 6.20 Å². The maximum Gasteiger partial charge on any atom is 0.0422 e. The third kappa shape index (κ3) is 3.81. The zero-order valence-electron chi connectivity index (χ0n) is 10.8. The molecule has 20 heavy (non-hydrogen) atoms. The van der Waals surface area contributed by atoms with Crippen LogP contribution in [0, 0.1) is 0 Å². The smallest absolute Gasteiger partial charge is 0.0422 e. The Morgan fingerprint density at radius 1 is 0.850 bits per heavy atom. The van der Waals surface area contributed by atoms with Crippen LogP contribution < -0.4 is 5.32 Å². The molecule has 0 saturated carbocycles. The standard InChI is InChI=1S/C16H14N2.2BrH/c1-2-8-15-14(6-1)7-3-9-16(15)18-12-13-5-4-10-17-11-13;;/h1-11,18H,12H2;2*1H. The van der Waals surface area contributed by atoms with Crippen molar-refractivity contribution < 1.29 is 0 Å². The molecule has 0 atom stereocenters. The van der Waals surface area contributed by atoms with E-state index in [1.807, 2.05) is 12.3 Å². The molecule has 0 aliphatic heterocycles. The lowest BCUT2D eigenvalue weighted by molar-refractivity contribution is 1.12. The highest BCUT2D eigenvalue weighted by molar-refractivity contribution is 8.93. The fourth-order valence-electron chi connectivity index (χ4n) is 2.08. The zero-order valence-corrected chi connectivity index (χ0v) is 14.2.